The molecule has 18 heavy (non-hydrogen) atoms. The predicted octanol–water partition coefficient (Wildman–Crippen LogP) is 2.86. The van der Waals surface area contributed by atoms with Gasteiger partial charge in [-0.1, -0.05) is 12.1 Å². The first-order valence-electron chi connectivity index (χ1n) is 5.29. The zero-order valence-electron chi connectivity index (χ0n) is 9.30. The van der Waals surface area contributed by atoms with Gasteiger partial charge < -0.3 is 9.67 Å². The van der Waals surface area contributed by atoms with E-state index in [9.17, 15) is 18.3 Å². The highest BCUT2D eigenvalue weighted by Gasteiger charge is 2.31. The molecule has 0 saturated carbocycles. The van der Waals surface area contributed by atoms with Gasteiger partial charge in [-0.05, 0) is 17.7 Å². The first kappa shape index (κ1) is 12.6. The monoisotopic (exact) mass is 256 g/mol. The molecular weight excluding hydrogens is 245 g/mol. The number of aliphatic hydroxyl groups excluding tert-OH is 1. The molecular formula is C12H11F3N2O. The predicted molar refractivity (Wildman–Crippen MR) is 59.2 cm³/mol. The van der Waals surface area contributed by atoms with Crippen LogP contribution in [0.25, 0.3) is 5.69 Å². The van der Waals surface area contributed by atoms with E-state index >= 15 is 0 Å². The molecule has 1 N–H and O–H groups in total. The third-order valence-electron chi connectivity index (χ3n) is 2.51. The second kappa shape index (κ2) is 4.81. The van der Waals surface area contributed by atoms with Crippen molar-refractivity contribution in [3.8, 4) is 5.69 Å². The Kier molecular flexibility index (Phi) is 3.38. The minimum Gasteiger partial charge on any atom is -0.388 e. The third kappa shape index (κ3) is 3.10. The molecule has 0 spiro atoms. The van der Waals surface area contributed by atoms with Crippen LogP contribution in [0, 0.1) is 0 Å². The van der Waals surface area contributed by atoms with Crippen molar-refractivity contribution < 1.29 is 18.3 Å². The lowest BCUT2D eigenvalue weighted by molar-refractivity contribution is -0.154. The molecule has 0 saturated heterocycles. The van der Waals surface area contributed by atoms with Crippen molar-refractivity contribution in [2.45, 2.75) is 18.7 Å². The Morgan fingerprint density at radius 3 is 2.39 bits per heavy atom. The van der Waals surface area contributed by atoms with Gasteiger partial charge >= 0.3 is 6.18 Å². The van der Waals surface area contributed by atoms with Crippen LogP contribution in [0.1, 0.15) is 18.1 Å². The maximum Gasteiger partial charge on any atom is 0.391 e. The molecule has 2 aromatic rings. The Hall–Kier alpha value is -1.82. The van der Waals surface area contributed by atoms with Gasteiger partial charge in [0.15, 0.2) is 0 Å². The van der Waals surface area contributed by atoms with Crippen LogP contribution in [0.4, 0.5) is 13.2 Å². The molecule has 1 aromatic carbocycles. The maximum absolute atomic E-state index is 12.1. The Balaban J connectivity index is 2.13. The number of aliphatic hydroxyl groups is 1. The Morgan fingerprint density at radius 2 is 1.89 bits per heavy atom. The zero-order valence-corrected chi connectivity index (χ0v) is 9.30. The van der Waals surface area contributed by atoms with Crippen molar-refractivity contribution in [2.75, 3.05) is 0 Å². The minimum atomic E-state index is -4.37. The average molecular weight is 256 g/mol. The van der Waals surface area contributed by atoms with Gasteiger partial charge in [0.05, 0.1) is 18.9 Å². The van der Waals surface area contributed by atoms with Gasteiger partial charge in [-0.25, -0.2) is 4.98 Å². The van der Waals surface area contributed by atoms with E-state index in [-0.39, 0.29) is 5.56 Å². The number of alkyl halides is 3. The average Bonchev–Trinajstić information content (AvgIpc) is 2.80. The smallest absolute Gasteiger partial charge is 0.388 e. The standard InChI is InChI=1S/C12H11F3N2O/c13-12(14,15)7-11(18)9-1-3-10(4-2-9)17-6-5-16-8-17/h1-6,8,11,18H,7H2. The number of rotatable bonds is 3. The van der Waals surface area contributed by atoms with E-state index in [0.717, 1.165) is 5.69 Å². The van der Waals surface area contributed by atoms with E-state index in [1.54, 1.807) is 35.4 Å². The molecule has 1 aromatic heterocycles. The van der Waals surface area contributed by atoms with Crippen LogP contribution in [0.5, 0.6) is 0 Å². The fourth-order valence-corrected chi connectivity index (χ4v) is 1.62. The first-order chi connectivity index (χ1) is 8.46. The van der Waals surface area contributed by atoms with E-state index in [0.29, 0.717) is 0 Å². The molecule has 96 valence electrons. The number of hydrogen-bond acceptors (Lipinski definition) is 2. The molecule has 6 heteroatoms. The molecule has 0 radical (unpaired) electrons. The van der Waals surface area contributed by atoms with Crippen molar-refractivity contribution >= 4 is 0 Å². The van der Waals surface area contributed by atoms with Crippen molar-refractivity contribution in [3.63, 3.8) is 0 Å². The van der Waals surface area contributed by atoms with Crippen LogP contribution in [-0.2, 0) is 0 Å². The molecule has 0 bridgehead atoms. The van der Waals surface area contributed by atoms with Gasteiger partial charge in [-0.3, -0.25) is 0 Å². The van der Waals surface area contributed by atoms with E-state index in [4.69, 9.17) is 0 Å². The van der Waals surface area contributed by atoms with Crippen molar-refractivity contribution in [1.82, 2.24) is 9.55 Å². The Bertz CT molecular complexity index is 491. The lowest BCUT2D eigenvalue weighted by Crippen LogP contribution is -2.13. The number of aromatic nitrogens is 2. The summed E-state index contributed by atoms with van der Waals surface area (Å²) in [5.74, 6) is 0. The van der Waals surface area contributed by atoms with Crippen LogP contribution in [0.15, 0.2) is 43.0 Å². The largest absolute Gasteiger partial charge is 0.391 e. The van der Waals surface area contributed by atoms with Crippen LogP contribution < -0.4 is 0 Å². The normalized spacial score (nSPS) is 13.6. The van der Waals surface area contributed by atoms with Gasteiger partial charge in [0.25, 0.3) is 0 Å². The molecule has 0 fully saturated rings. The molecule has 2 rings (SSSR count). The first-order valence-corrected chi connectivity index (χ1v) is 5.29. The fourth-order valence-electron chi connectivity index (χ4n) is 1.62. The van der Waals surface area contributed by atoms with Crippen LogP contribution in [0.2, 0.25) is 0 Å². The second-order valence-electron chi connectivity index (χ2n) is 3.90. The summed E-state index contributed by atoms with van der Waals surface area (Å²) < 4.78 is 38.1. The third-order valence-corrected chi connectivity index (χ3v) is 2.51. The lowest BCUT2D eigenvalue weighted by atomic mass is 10.1. The molecule has 0 aliphatic carbocycles. The van der Waals surface area contributed by atoms with E-state index < -0.39 is 18.7 Å². The summed E-state index contributed by atoms with van der Waals surface area (Å²) in [4.78, 5) is 3.87. The molecule has 1 heterocycles. The molecule has 1 atom stereocenters. The van der Waals surface area contributed by atoms with E-state index in [2.05, 4.69) is 4.98 Å². The molecule has 1 unspecified atom stereocenters. The Labute approximate surface area is 102 Å². The lowest BCUT2D eigenvalue weighted by Gasteiger charge is -2.14. The summed E-state index contributed by atoms with van der Waals surface area (Å²) in [6, 6.07) is 6.23. The number of nitrogens with zero attached hydrogens (tertiary/aromatic N) is 2. The van der Waals surface area contributed by atoms with E-state index in [1.807, 2.05) is 0 Å². The van der Waals surface area contributed by atoms with Crippen LogP contribution in [0.3, 0.4) is 0 Å². The quantitative estimate of drug-likeness (QED) is 0.917. The number of imidazole rings is 1. The molecule has 0 amide bonds. The van der Waals surface area contributed by atoms with Crippen molar-refractivity contribution in [2.24, 2.45) is 0 Å². The maximum atomic E-state index is 12.1. The summed E-state index contributed by atoms with van der Waals surface area (Å²) in [5, 5.41) is 9.44. The number of halogens is 3. The summed E-state index contributed by atoms with van der Waals surface area (Å²) in [7, 11) is 0. The topological polar surface area (TPSA) is 38.0 Å². The van der Waals surface area contributed by atoms with Crippen molar-refractivity contribution in [3.05, 3.63) is 48.5 Å². The van der Waals surface area contributed by atoms with Crippen molar-refractivity contribution in [1.29, 1.82) is 0 Å². The van der Waals surface area contributed by atoms with Crippen LogP contribution >= 0.6 is 0 Å². The SMILES string of the molecule is OC(CC(F)(F)F)c1ccc(-n2ccnc2)cc1. The van der Waals surface area contributed by atoms with Gasteiger partial charge in [-0.15, -0.1) is 0 Å². The minimum absolute atomic E-state index is 0.246. The van der Waals surface area contributed by atoms with Gasteiger partial charge in [0.2, 0.25) is 0 Å². The summed E-state index contributed by atoms with van der Waals surface area (Å²) in [5.41, 5.74) is 1.02. The number of benzene rings is 1. The zero-order chi connectivity index (χ0) is 13.2. The molecule has 0 aliphatic rings. The van der Waals surface area contributed by atoms with Crippen LogP contribution in [-0.4, -0.2) is 20.8 Å². The molecule has 0 aliphatic heterocycles. The highest BCUT2D eigenvalue weighted by atomic mass is 19.4. The Morgan fingerprint density at radius 1 is 1.22 bits per heavy atom. The molecule has 3 nitrogen and oxygen atoms in total. The van der Waals surface area contributed by atoms with Gasteiger partial charge in [0.1, 0.15) is 0 Å². The van der Waals surface area contributed by atoms with E-state index in [1.165, 1.54) is 12.1 Å². The highest BCUT2D eigenvalue weighted by molar-refractivity contribution is 5.35. The summed E-state index contributed by atoms with van der Waals surface area (Å²) in [6.45, 7) is 0. The highest BCUT2D eigenvalue weighted by Crippen LogP contribution is 2.29. The summed E-state index contributed by atoms with van der Waals surface area (Å²) in [6.07, 6.45) is -2.23. The second-order valence-corrected chi connectivity index (χ2v) is 3.90. The fraction of sp³-hybridized carbons (Fsp3) is 0.250. The van der Waals surface area contributed by atoms with Gasteiger partial charge in [-0.2, -0.15) is 13.2 Å². The number of hydrogen-bond donors (Lipinski definition) is 1. The van der Waals surface area contributed by atoms with Gasteiger partial charge in [0, 0.05) is 18.1 Å². The summed E-state index contributed by atoms with van der Waals surface area (Å²) >= 11 is 0.